The summed E-state index contributed by atoms with van der Waals surface area (Å²) in [6, 6.07) is 0. The molecule has 0 aromatic carbocycles. The zero-order valence-corrected chi connectivity index (χ0v) is 18.1. The van der Waals surface area contributed by atoms with Crippen molar-refractivity contribution in [2.45, 2.75) is 64.4 Å². The van der Waals surface area contributed by atoms with Gasteiger partial charge in [-0.05, 0) is 73.9 Å². The van der Waals surface area contributed by atoms with Crippen molar-refractivity contribution in [1.29, 1.82) is 0 Å². The van der Waals surface area contributed by atoms with Gasteiger partial charge in [0, 0.05) is 11.8 Å². The number of hydrogen-bond acceptors (Lipinski definition) is 5. The third kappa shape index (κ3) is 10.7. The highest BCUT2D eigenvalue weighted by Gasteiger charge is 2.18. The summed E-state index contributed by atoms with van der Waals surface area (Å²) in [7, 11) is 0. The number of esters is 1. The van der Waals surface area contributed by atoms with Crippen LogP contribution in [0.1, 0.15) is 58.3 Å². The Hall–Kier alpha value is -0.000000000000000111. The number of rotatable bonds is 12. The number of thiol groups is 3. The van der Waals surface area contributed by atoms with Crippen molar-refractivity contribution in [3.63, 3.8) is 0 Å². The van der Waals surface area contributed by atoms with Gasteiger partial charge < -0.3 is 4.74 Å². The van der Waals surface area contributed by atoms with Gasteiger partial charge in [-0.15, -0.1) is 0 Å². The van der Waals surface area contributed by atoms with Crippen LogP contribution in [-0.2, 0) is 9.53 Å². The molecule has 0 bridgehead atoms. The van der Waals surface area contributed by atoms with Crippen molar-refractivity contribution in [3.8, 4) is 0 Å². The van der Waals surface area contributed by atoms with Gasteiger partial charge >= 0.3 is 5.97 Å². The molecule has 1 rings (SSSR count). The lowest BCUT2D eigenvalue weighted by Crippen LogP contribution is -2.13. The van der Waals surface area contributed by atoms with Gasteiger partial charge in [-0.3, -0.25) is 0 Å². The Labute approximate surface area is 170 Å². The summed E-state index contributed by atoms with van der Waals surface area (Å²) in [6.07, 6.45) is 14.8. The Morgan fingerprint density at radius 2 is 1.88 bits per heavy atom. The van der Waals surface area contributed by atoms with Gasteiger partial charge in [-0.25, -0.2) is 4.79 Å². The van der Waals surface area contributed by atoms with Crippen LogP contribution in [0.15, 0.2) is 23.8 Å². The highest BCUT2D eigenvalue weighted by atomic mass is 32.1. The first-order valence-corrected chi connectivity index (χ1v) is 11.4. The lowest BCUT2D eigenvalue weighted by molar-refractivity contribution is -0.142. The molecule has 144 valence electrons. The van der Waals surface area contributed by atoms with Crippen molar-refractivity contribution in [2.75, 3.05) is 17.3 Å². The fourth-order valence-corrected chi connectivity index (χ4v) is 3.76. The normalized spacial score (nSPS) is 18.6. The third-order valence-corrected chi connectivity index (χ3v) is 6.26. The highest BCUT2D eigenvalue weighted by molar-refractivity contribution is 7.80. The van der Waals surface area contributed by atoms with Gasteiger partial charge in [0.05, 0.1) is 0 Å². The molecule has 1 fully saturated rings. The second kappa shape index (κ2) is 14.1. The largest absolute Gasteiger partial charge is 0.459 e. The Morgan fingerprint density at radius 3 is 2.48 bits per heavy atom. The molecule has 2 atom stereocenters. The van der Waals surface area contributed by atoms with Crippen LogP contribution in [0.25, 0.3) is 0 Å². The van der Waals surface area contributed by atoms with Crippen LogP contribution in [-0.4, -0.2) is 29.3 Å². The molecular weight excluding hydrogens is 368 g/mol. The summed E-state index contributed by atoms with van der Waals surface area (Å²) < 4.78 is 5.48. The molecule has 1 aliphatic rings. The average molecular weight is 403 g/mol. The van der Waals surface area contributed by atoms with Gasteiger partial charge in [-0.1, -0.05) is 25.5 Å². The van der Waals surface area contributed by atoms with Crippen molar-refractivity contribution in [3.05, 3.63) is 23.8 Å². The molecule has 2 nitrogen and oxygen atoms in total. The smallest absolute Gasteiger partial charge is 0.331 e. The number of hydrogen-bond donors (Lipinski definition) is 3. The molecule has 0 aromatic rings. The van der Waals surface area contributed by atoms with Crippen LogP contribution in [0.3, 0.4) is 0 Å². The molecular formula is C20H34O2S3. The summed E-state index contributed by atoms with van der Waals surface area (Å²) in [5.74, 6) is 3.43. The van der Waals surface area contributed by atoms with Crippen molar-refractivity contribution < 1.29 is 9.53 Å². The first-order chi connectivity index (χ1) is 12.1. The lowest BCUT2D eigenvalue weighted by atomic mass is 9.96. The van der Waals surface area contributed by atoms with E-state index in [0.717, 1.165) is 36.3 Å². The third-order valence-electron chi connectivity index (χ3n) is 4.75. The zero-order chi connectivity index (χ0) is 18.5. The molecule has 0 saturated heterocycles. The molecule has 5 heteroatoms. The van der Waals surface area contributed by atoms with Crippen LogP contribution in [0, 0.1) is 11.8 Å². The fraction of sp³-hybridized carbons (Fsp3) is 0.750. The van der Waals surface area contributed by atoms with E-state index < -0.39 is 0 Å². The first kappa shape index (κ1) is 23.0. The van der Waals surface area contributed by atoms with Gasteiger partial charge in [0.15, 0.2) is 0 Å². The second-order valence-electron chi connectivity index (χ2n) is 7.13. The molecule has 25 heavy (non-hydrogen) atoms. The minimum Gasteiger partial charge on any atom is -0.459 e. The highest BCUT2D eigenvalue weighted by Crippen LogP contribution is 2.21. The Bertz CT molecular complexity index is 429. The number of carbonyl (C=O) groups is 1. The van der Waals surface area contributed by atoms with E-state index in [-0.39, 0.29) is 12.1 Å². The average Bonchev–Trinajstić information content (AvgIpc) is 3.11. The topological polar surface area (TPSA) is 26.3 Å². The Morgan fingerprint density at radius 1 is 1.16 bits per heavy atom. The summed E-state index contributed by atoms with van der Waals surface area (Å²) in [5, 5.41) is 0. The summed E-state index contributed by atoms with van der Waals surface area (Å²) in [6.45, 7) is 2.25. The monoisotopic (exact) mass is 402 g/mol. The van der Waals surface area contributed by atoms with E-state index >= 15 is 0 Å². The molecule has 0 spiro atoms. The van der Waals surface area contributed by atoms with E-state index in [9.17, 15) is 4.79 Å². The van der Waals surface area contributed by atoms with Crippen LogP contribution in [0.5, 0.6) is 0 Å². The summed E-state index contributed by atoms with van der Waals surface area (Å²) in [4.78, 5) is 12.0. The minimum absolute atomic E-state index is 0.113. The molecule has 0 aromatic heterocycles. The molecule has 0 aliphatic heterocycles. The number of allylic oxidation sites excluding steroid dienone is 2. The molecule has 0 amide bonds. The number of ether oxygens (including phenoxy) is 1. The SMILES string of the molecule is CC(CS)CCCC(CS)CC=CC(=CC(=O)OC1CCCC1)CS. The van der Waals surface area contributed by atoms with Crippen molar-refractivity contribution >= 4 is 43.9 Å². The van der Waals surface area contributed by atoms with Crippen LogP contribution in [0.2, 0.25) is 0 Å². The van der Waals surface area contributed by atoms with E-state index in [1.165, 1.54) is 32.1 Å². The predicted molar refractivity (Wildman–Crippen MR) is 118 cm³/mol. The standard InChI is InChI=1S/C20H34O2S3/c1-16(13-23)6-4-7-17(14-24)8-5-9-18(15-25)12-20(21)22-19-10-2-3-11-19/h5,9,12,16-17,19,23-25H,2-4,6-8,10-11,13-15H2,1H3. The molecule has 2 unspecified atom stereocenters. The maximum atomic E-state index is 12.0. The molecule has 0 heterocycles. The van der Waals surface area contributed by atoms with Crippen molar-refractivity contribution in [2.24, 2.45) is 11.8 Å². The molecule has 0 radical (unpaired) electrons. The molecule has 1 saturated carbocycles. The fourth-order valence-electron chi connectivity index (χ4n) is 3.04. The molecule has 0 N–H and O–H groups in total. The van der Waals surface area contributed by atoms with Crippen LogP contribution < -0.4 is 0 Å². The van der Waals surface area contributed by atoms with E-state index in [0.29, 0.717) is 17.6 Å². The maximum Gasteiger partial charge on any atom is 0.331 e. The van der Waals surface area contributed by atoms with Gasteiger partial charge in [0.1, 0.15) is 6.10 Å². The number of carbonyl (C=O) groups excluding carboxylic acids is 1. The van der Waals surface area contributed by atoms with Crippen molar-refractivity contribution in [1.82, 2.24) is 0 Å². The van der Waals surface area contributed by atoms with Gasteiger partial charge in [0.2, 0.25) is 0 Å². The summed E-state index contributed by atoms with van der Waals surface area (Å²) >= 11 is 13.1. The Kier molecular flexibility index (Phi) is 13.0. The second-order valence-corrected chi connectivity index (χ2v) is 8.17. The van der Waals surface area contributed by atoms with Crippen LogP contribution in [0.4, 0.5) is 0 Å². The van der Waals surface area contributed by atoms with Gasteiger partial charge in [0.25, 0.3) is 0 Å². The quantitative estimate of drug-likeness (QED) is 0.172. The predicted octanol–water partition coefficient (Wildman–Crippen LogP) is 5.56. The van der Waals surface area contributed by atoms with E-state index in [2.05, 4.69) is 50.9 Å². The van der Waals surface area contributed by atoms with E-state index in [1.54, 1.807) is 6.08 Å². The van der Waals surface area contributed by atoms with Crippen LogP contribution >= 0.6 is 37.9 Å². The Balaban J connectivity index is 2.38. The maximum absolute atomic E-state index is 12.0. The van der Waals surface area contributed by atoms with Gasteiger partial charge in [-0.2, -0.15) is 37.9 Å². The minimum atomic E-state index is -0.230. The molecule has 1 aliphatic carbocycles. The summed E-state index contributed by atoms with van der Waals surface area (Å²) in [5.41, 5.74) is 0.910. The zero-order valence-electron chi connectivity index (χ0n) is 15.4. The van der Waals surface area contributed by atoms with E-state index in [1.807, 2.05) is 6.08 Å². The lowest BCUT2D eigenvalue weighted by Gasteiger charge is -2.14. The van der Waals surface area contributed by atoms with E-state index in [4.69, 9.17) is 4.74 Å². The first-order valence-electron chi connectivity index (χ1n) is 9.49.